The van der Waals surface area contributed by atoms with Gasteiger partial charge in [0.05, 0.1) is 19.1 Å². The molecule has 0 saturated heterocycles. The highest BCUT2D eigenvalue weighted by Crippen LogP contribution is 2.42. The molecule has 0 bridgehead atoms. The van der Waals surface area contributed by atoms with Crippen LogP contribution in [0.15, 0.2) is 6.07 Å². The Morgan fingerprint density at radius 2 is 1.88 bits per heavy atom. The lowest BCUT2D eigenvalue weighted by atomic mass is 9.82. The summed E-state index contributed by atoms with van der Waals surface area (Å²) >= 11 is 0. The topological polar surface area (TPSA) is 119 Å². The van der Waals surface area contributed by atoms with Crippen LogP contribution in [0.5, 0.6) is 5.75 Å². The van der Waals surface area contributed by atoms with E-state index < -0.39 is 33.7 Å². The minimum atomic E-state index is -3.20. The molecule has 2 N–H and O–H groups in total. The summed E-state index contributed by atoms with van der Waals surface area (Å²) in [6.07, 6.45) is 3.52. The molecule has 0 aliphatic carbocycles. The number of fused-ring (bicyclic) bond motifs is 1. The highest BCUT2D eigenvalue weighted by atomic mass is 32.2. The van der Waals surface area contributed by atoms with E-state index in [1.807, 2.05) is 27.7 Å². The number of carbonyl (C=O) groups is 2. The number of ether oxygens (including phenoxy) is 2. The van der Waals surface area contributed by atoms with Crippen molar-refractivity contribution in [3.8, 4) is 5.75 Å². The van der Waals surface area contributed by atoms with Gasteiger partial charge < -0.3 is 14.6 Å². The number of sulfonamides is 1. The Kier molecular flexibility index (Phi) is 8.70. The van der Waals surface area contributed by atoms with Crippen LogP contribution in [-0.2, 0) is 30.8 Å². The molecule has 2 rings (SSSR count). The van der Waals surface area contributed by atoms with Crippen molar-refractivity contribution in [1.82, 2.24) is 4.72 Å². The number of aliphatic carboxylic acids is 1. The molecule has 1 unspecified atom stereocenters. The van der Waals surface area contributed by atoms with Crippen LogP contribution in [0.1, 0.15) is 67.7 Å². The van der Waals surface area contributed by atoms with E-state index in [1.165, 1.54) is 0 Å². The van der Waals surface area contributed by atoms with Gasteiger partial charge in [0.2, 0.25) is 10.0 Å². The summed E-state index contributed by atoms with van der Waals surface area (Å²) in [5.41, 5.74) is 3.51. The highest BCUT2D eigenvalue weighted by molar-refractivity contribution is 7.88. The molecule has 0 fully saturated rings. The fourth-order valence-electron chi connectivity index (χ4n) is 4.04. The number of carboxylic acids is 1. The van der Waals surface area contributed by atoms with E-state index in [2.05, 4.69) is 10.8 Å². The van der Waals surface area contributed by atoms with Crippen molar-refractivity contribution in [3.63, 3.8) is 0 Å². The Balaban J connectivity index is 2.15. The van der Waals surface area contributed by atoms with Crippen molar-refractivity contribution in [2.75, 3.05) is 12.8 Å². The molecule has 0 radical (unpaired) electrons. The van der Waals surface area contributed by atoms with Gasteiger partial charge in [0.25, 0.3) is 0 Å². The van der Waals surface area contributed by atoms with Gasteiger partial charge in [-0.15, -0.1) is 0 Å². The lowest BCUT2D eigenvalue weighted by Crippen LogP contribution is -2.51. The van der Waals surface area contributed by atoms with Gasteiger partial charge in [0.15, 0.2) is 0 Å². The summed E-state index contributed by atoms with van der Waals surface area (Å²) in [7, 11) is -3.20. The summed E-state index contributed by atoms with van der Waals surface area (Å²) < 4.78 is 37.1. The second-order valence-electron chi connectivity index (χ2n) is 8.91. The molecule has 0 aromatic heterocycles. The van der Waals surface area contributed by atoms with Crippen LogP contribution in [0.2, 0.25) is 0 Å². The van der Waals surface area contributed by atoms with E-state index in [9.17, 15) is 18.0 Å². The van der Waals surface area contributed by atoms with Crippen LogP contribution in [0.25, 0.3) is 0 Å². The lowest BCUT2D eigenvalue weighted by molar-refractivity contribution is -0.165. The van der Waals surface area contributed by atoms with Crippen LogP contribution in [0.4, 0.5) is 0 Å². The summed E-state index contributed by atoms with van der Waals surface area (Å²) in [6, 6.07) is 2.10. The van der Waals surface area contributed by atoms with Crippen molar-refractivity contribution < 1.29 is 32.6 Å². The fourth-order valence-corrected chi connectivity index (χ4v) is 4.55. The third kappa shape index (κ3) is 7.20. The molecule has 1 aliphatic rings. The number of unbranched alkanes of at least 4 members (excludes halogenated alkanes) is 2. The van der Waals surface area contributed by atoms with Crippen LogP contribution in [-0.4, -0.2) is 50.0 Å². The predicted molar refractivity (Wildman–Crippen MR) is 121 cm³/mol. The first-order valence-electron chi connectivity index (χ1n) is 11.0. The summed E-state index contributed by atoms with van der Waals surface area (Å²) in [6.45, 7) is 8.37. The molecule has 0 spiro atoms. The molecule has 8 nitrogen and oxygen atoms in total. The number of benzene rings is 1. The molecule has 0 saturated carbocycles. The minimum Gasteiger partial charge on any atom is -0.483 e. The van der Waals surface area contributed by atoms with Crippen LogP contribution < -0.4 is 9.46 Å². The molecule has 1 aromatic rings. The first kappa shape index (κ1) is 26.1. The van der Waals surface area contributed by atoms with Crippen molar-refractivity contribution >= 4 is 22.0 Å². The standard InChI is InChI=1S/C23H35NO7S/c1-15-13-16(2)18-14-19(30-21(27)10-9-20(25)26)23(4,31-22(18)17(15)3)11-7-6-8-12-24-32(5,28)29/h13,19,24H,6-12,14H2,1-5H3,(H,25,26)/t19?,23-/m1/s1. The second kappa shape index (κ2) is 10.7. The number of hydrogen-bond acceptors (Lipinski definition) is 6. The summed E-state index contributed by atoms with van der Waals surface area (Å²) in [5.74, 6) is -0.754. The van der Waals surface area contributed by atoms with E-state index in [4.69, 9.17) is 14.6 Å². The van der Waals surface area contributed by atoms with Gasteiger partial charge in [0, 0.05) is 18.5 Å². The maximum absolute atomic E-state index is 12.3. The molecule has 2 atom stereocenters. The maximum Gasteiger partial charge on any atom is 0.306 e. The normalized spacial score (nSPS) is 20.3. The summed E-state index contributed by atoms with van der Waals surface area (Å²) in [5, 5.41) is 8.86. The number of carbonyl (C=O) groups excluding carboxylic acids is 1. The van der Waals surface area contributed by atoms with Gasteiger partial charge >= 0.3 is 11.9 Å². The number of esters is 1. The quantitative estimate of drug-likeness (QED) is 0.377. The Labute approximate surface area is 190 Å². The molecule has 9 heteroatoms. The molecule has 0 amide bonds. The van der Waals surface area contributed by atoms with Crippen molar-refractivity contribution in [3.05, 3.63) is 28.3 Å². The van der Waals surface area contributed by atoms with Crippen LogP contribution in [0, 0.1) is 20.8 Å². The van der Waals surface area contributed by atoms with Gasteiger partial charge in [-0.3, -0.25) is 9.59 Å². The summed E-state index contributed by atoms with van der Waals surface area (Å²) in [4.78, 5) is 23.1. The average molecular weight is 470 g/mol. The van der Waals surface area contributed by atoms with Gasteiger partial charge in [-0.2, -0.15) is 0 Å². The molecular weight excluding hydrogens is 434 g/mol. The average Bonchev–Trinajstić information content (AvgIpc) is 2.67. The van der Waals surface area contributed by atoms with Crippen molar-refractivity contribution in [2.45, 2.75) is 84.3 Å². The molecule has 1 aromatic carbocycles. The largest absolute Gasteiger partial charge is 0.483 e. The molecule has 1 heterocycles. The van der Waals surface area contributed by atoms with E-state index in [-0.39, 0.29) is 12.8 Å². The van der Waals surface area contributed by atoms with Gasteiger partial charge in [0.1, 0.15) is 17.5 Å². The smallest absolute Gasteiger partial charge is 0.306 e. The number of carboxylic acid groups (broad SMARTS) is 1. The van der Waals surface area contributed by atoms with E-state index in [0.717, 1.165) is 47.1 Å². The predicted octanol–water partition coefficient (Wildman–Crippen LogP) is 3.19. The third-order valence-corrected chi connectivity index (χ3v) is 6.78. The monoisotopic (exact) mass is 469 g/mol. The highest BCUT2D eigenvalue weighted by Gasteiger charge is 2.44. The first-order valence-corrected chi connectivity index (χ1v) is 12.9. The Morgan fingerprint density at radius 3 is 2.50 bits per heavy atom. The van der Waals surface area contributed by atoms with Gasteiger partial charge in [-0.05, 0) is 63.6 Å². The van der Waals surface area contributed by atoms with Gasteiger partial charge in [-0.25, -0.2) is 13.1 Å². The zero-order valence-electron chi connectivity index (χ0n) is 19.6. The zero-order valence-corrected chi connectivity index (χ0v) is 20.4. The van der Waals surface area contributed by atoms with Crippen molar-refractivity contribution in [1.29, 1.82) is 0 Å². The number of aryl methyl sites for hydroxylation is 2. The van der Waals surface area contributed by atoms with E-state index >= 15 is 0 Å². The zero-order chi connectivity index (χ0) is 24.1. The first-order chi connectivity index (χ1) is 14.8. The minimum absolute atomic E-state index is 0.183. The maximum atomic E-state index is 12.3. The fraction of sp³-hybridized carbons (Fsp3) is 0.652. The van der Waals surface area contributed by atoms with Crippen LogP contribution >= 0.6 is 0 Å². The van der Waals surface area contributed by atoms with E-state index in [0.29, 0.717) is 25.8 Å². The van der Waals surface area contributed by atoms with E-state index in [1.54, 1.807) is 0 Å². The SMILES string of the molecule is Cc1cc(C)c2c(c1C)O[C@](C)(CCCCCNS(C)(=O)=O)C(OC(=O)CCC(=O)O)C2. The molecule has 1 aliphatic heterocycles. The Bertz CT molecular complexity index is 958. The Morgan fingerprint density at radius 1 is 1.19 bits per heavy atom. The molecular formula is C23H35NO7S. The Hall–Kier alpha value is -2.13. The molecule has 180 valence electrons. The number of rotatable bonds is 11. The van der Waals surface area contributed by atoms with Crippen molar-refractivity contribution in [2.24, 2.45) is 0 Å². The third-order valence-electron chi connectivity index (χ3n) is 6.05. The molecule has 32 heavy (non-hydrogen) atoms. The lowest BCUT2D eigenvalue weighted by Gasteiger charge is -2.43. The van der Waals surface area contributed by atoms with Gasteiger partial charge in [-0.1, -0.05) is 12.5 Å². The number of nitrogens with one attached hydrogen (secondary N) is 1. The second-order valence-corrected chi connectivity index (χ2v) is 10.7. The number of hydrogen-bond donors (Lipinski definition) is 2. The van der Waals surface area contributed by atoms with Crippen LogP contribution in [0.3, 0.4) is 0 Å².